The van der Waals surface area contributed by atoms with Crippen LogP contribution in [0.3, 0.4) is 0 Å². The third-order valence-electron chi connectivity index (χ3n) is 2.57. The summed E-state index contributed by atoms with van der Waals surface area (Å²) >= 11 is 0. The fourth-order valence-electron chi connectivity index (χ4n) is 1.76. The number of alkyl halides is 3. The van der Waals surface area contributed by atoms with Crippen LogP contribution in [0.4, 0.5) is 18.9 Å². The third kappa shape index (κ3) is 2.89. The lowest BCUT2D eigenvalue weighted by molar-refractivity contribution is -0.137. The predicted molar refractivity (Wildman–Crippen MR) is 64.7 cm³/mol. The first-order valence-electron chi connectivity index (χ1n) is 5.37. The second-order valence-electron chi connectivity index (χ2n) is 3.80. The zero-order chi connectivity index (χ0) is 13.9. The van der Waals surface area contributed by atoms with Gasteiger partial charge in [0.15, 0.2) is 0 Å². The molecule has 0 radical (unpaired) electrons. The number of isocyanates is 1. The van der Waals surface area contributed by atoms with E-state index in [1.165, 1.54) is 18.2 Å². The van der Waals surface area contributed by atoms with Gasteiger partial charge >= 0.3 is 6.18 Å². The maximum atomic E-state index is 13.0. The molecule has 0 heterocycles. The van der Waals surface area contributed by atoms with E-state index in [0.29, 0.717) is 5.56 Å². The van der Waals surface area contributed by atoms with Crippen molar-refractivity contribution < 1.29 is 18.0 Å². The number of rotatable bonds is 2. The number of carbonyl (C=O) groups excluding carboxylic acids is 1. The number of benzene rings is 2. The molecule has 2 rings (SSSR count). The Bertz CT molecular complexity index is 629. The molecule has 2 aromatic rings. The highest BCUT2D eigenvalue weighted by molar-refractivity contribution is 5.70. The summed E-state index contributed by atoms with van der Waals surface area (Å²) in [6.45, 7) is 0. The van der Waals surface area contributed by atoms with Crippen LogP contribution in [0.2, 0.25) is 0 Å². The van der Waals surface area contributed by atoms with E-state index >= 15 is 0 Å². The number of hydrogen-bond donors (Lipinski definition) is 0. The Morgan fingerprint density at radius 3 is 2.26 bits per heavy atom. The lowest BCUT2D eigenvalue weighted by Crippen LogP contribution is -2.06. The van der Waals surface area contributed by atoms with Crippen LogP contribution >= 0.6 is 0 Å². The largest absolute Gasteiger partial charge is 0.417 e. The summed E-state index contributed by atoms with van der Waals surface area (Å²) in [6, 6.07) is 11.7. The standard InChI is InChI=1S/C14H8F3NO/c15-14(16,17)13-8-11(18-9-19)6-7-12(13)10-4-2-1-3-5-10/h1-8H. The van der Waals surface area contributed by atoms with E-state index in [2.05, 4.69) is 4.99 Å². The van der Waals surface area contributed by atoms with Gasteiger partial charge in [-0.3, -0.25) is 0 Å². The second kappa shape index (κ2) is 5.08. The summed E-state index contributed by atoms with van der Waals surface area (Å²) in [5.74, 6) is 0. The molecular formula is C14H8F3NO. The molecule has 0 aromatic heterocycles. The maximum absolute atomic E-state index is 13.0. The summed E-state index contributed by atoms with van der Waals surface area (Å²) in [4.78, 5) is 13.3. The third-order valence-corrected chi connectivity index (χ3v) is 2.57. The van der Waals surface area contributed by atoms with E-state index < -0.39 is 11.7 Å². The van der Waals surface area contributed by atoms with Crippen molar-refractivity contribution >= 4 is 11.8 Å². The summed E-state index contributed by atoms with van der Waals surface area (Å²) in [7, 11) is 0. The van der Waals surface area contributed by atoms with Gasteiger partial charge in [0.25, 0.3) is 0 Å². The average Bonchev–Trinajstić information content (AvgIpc) is 2.39. The van der Waals surface area contributed by atoms with Gasteiger partial charge in [0.05, 0.1) is 11.3 Å². The van der Waals surface area contributed by atoms with Crippen LogP contribution < -0.4 is 0 Å². The molecule has 96 valence electrons. The number of halogens is 3. The Balaban J connectivity index is 2.64. The van der Waals surface area contributed by atoms with Crippen molar-refractivity contribution in [2.24, 2.45) is 4.99 Å². The topological polar surface area (TPSA) is 29.4 Å². The van der Waals surface area contributed by atoms with E-state index in [1.807, 2.05) is 0 Å². The molecule has 0 aliphatic rings. The van der Waals surface area contributed by atoms with E-state index in [9.17, 15) is 18.0 Å². The van der Waals surface area contributed by atoms with Crippen molar-refractivity contribution in [3.63, 3.8) is 0 Å². The molecule has 0 atom stereocenters. The number of hydrogen-bond acceptors (Lipinski definition) is 2. The molecule has 0 amide bonds. The van der Waals surface area contributed by atoms with Crippen LogP contribution in [0.25, 0.3) is 11.1 Å². The molecule has 0 saturated heterocycles. The zero-order valence-electron chi connectivity index (χ0n) is 9.61. The molecule has 0 aliphatic heterocycles. The Kier molecular flexibility index (Phi) is 3.49. The molecule has 2 nitrogen and oxygen atoms in total. The molecule has 0 spiro atoms. The second-order valence-corrected chi connectivity index (χ2v) is 3.80. The Morgan fingerprint density at radius 2 is 1.68 bits per heavy atom. The van der Waals surface area contributed by atoms with Crippen LogP contribution in [-0.4, -0.2) is 6.08 Å². The van der Waals surface area contributed by atoms with Gasteiger partial charge in [-0.1, -0.05) is 36.4 Å². The molecule has 0 fully saturated rings. The van der Waals surface area contributed by atoms with Crippen molar-refractivity contribution in [2.45, 2.75) is 6.18 Å². The Hall–Kier alpha value is -2.39. The summed E-state index contributed by atoms with van der Waals surface area (Å²) in [5, 5.41) is 0. The van der Waals surface area contributed by atoms with Crippen molar-refractivity contribution in [2.75, 3.05) is 0 Å². The highest BCUT2D eigenvalue weighted by Gasteiger charge is 2.33. The van der Waals surface area contributed by atoms with Gasteiger partial charge in [-0.05, 0) is 23.3 Å². The lowest BCUT2D eigenvalue weighted by atomic mass is 9.99. The van der Waals surface area contributed by atoms with Gasteiger partial charge in [-0.25, -0.2) is 4.79 Å². The monoisotopic (exact) mass is 263 g/mol. The van der Waals surface area contributed by atoms with E-state index in [-0.39, 0.29) is 11.3 Å². The van der Waals surface area contributed by atoms with Crippen LogP contribution in [0, 0.1) is 0 Å². The lowest BCUT2D eigenvalue weighted by Gasteiger charge is -2.13. The summed E-state index contributed by atoms with van der Waals surface area (Å²) in [6.07, 6.45) is -3.28. The SMILES string of the molecule is O=C=Nc1ccc(-c2ccccc2)c(C(F)(F)F)c1. The first kappa shape index (κ1) is 13.1. The van der Waals surface area contributed by atoms with Gasteiger partial charge in [0.2, 0.25) is 6.08 Å². The van der Waals surface area contributed by atoms with Crippen LogP contribution in [-0.2, 0) is 11.0 Å². The van der Waals surface area contributed by atoms with Crippen LogP contribution in [0.1, 0.15) is 5.56 Å². The Labute approximate surface area is 107 Å². The molecule has 0 saturated carbocycles. The minimum Gasteiger partial charge on any atom is -0.211 e. The molecule has 0 unspecified atom stereocenters. The summed E-state index contributed by atoms with van der Waals surface area (Å²) in [5.41, 5.74) is -0.383. The van der Waals surface area contributed by atoms with Gasteiger partial charge < -0.3 is 0 Å². The minimum absolute atomic E-state index is 0.0537. The molecule has 0 N–H and O–H groups in total. The Morgan fingerprint density at radius 1 is 1.00 bits per heavy atom. The average molecular weight is 263 g/mol. The number of aliphatic imine (C=N–C) groups is 1. The van der Waals surface area contributed by atoms with Gasteiger partial charge in [0, 0.05) is 0 Å². The quantitative estimate of drug-likeness (QED) is 0.585. The highest BCUT2D eigenvalue weighted by Crippen LogP contribution is 2.38. The van der Waals surface area contributed by atoms with Crippen molar-refractivity contribution in [1.29, 1.82) is 0 Å². The normalized spacial score (nSPS) is 10.9. The molecule has 0 bridgehead atoms. The smallest absolute Gasteiger partial charge is 0.211 e. The van der Waals surface area contributed by atoms with Crippen molar-refractivity contribution in [3.8, 4) is 11.1 Å². The van der Waals surface area contributed by atoms with Crippen LogP contribution in [0.5, 0.6) is 0 Å². The molecule has 2 aromatic carbocycles. The summed E-state index contributed by atoms with van der Waals surface area (Å²) < 4.78 is 39.0. The minimum atomic E-state index is -4.51. The van der Waals surface area contributed by atoms with E-state index in [4.69, 9.17) is 0 Å². The van der Waals surface area contributed by atoms with Crippen molar-refractivity contribution in [1.82, 2.24) is 0 Å². The molecular weight excluding hydrogens is 255 g/mol. The first-order valence-corrected chi connectivity index (χ1v) is 5.37. The predicted octanol–water partition coefficient (Wildman–Crippen LogP) is 4.34. The van der Waals surface area contributed by atoms with Gasteiger partial charge in [-0.15, -0.1) is 0 Å². The van der Waals surface area contributed by atoms with Crippen molar-refractivity contribution in [3.05, 3.63) is 54.1 Å². The fraction of sp³-hybridized carbons (Fsp3) is 0.0714. The molecule has 0 aliphatic carbocycles. The first-order chi connectivity index (χ1) is 9.02. The van der Waals surface area contributed by atoms with E-state index in [0.717, 1.165) is 6.07 Å². The zero-order valence-corrected chi connectivity index (χ0v) is 9.61. The van der Waals surface area contributed by atoms with Crippen LogP contribution in [0.15, 0.2) is 53.5 Å². The maximum Gasteiger partial charge on any atom is 0.417 e. The fourth-order valence-corrected chi connectivity index (χ4v) is 1.76. The van der Waals surface area contributed by atoms with E-state index in [1.54, 1.807) is 30.3 Å². The molecule has 5 heteroatoms. The highest BCUT2D eigenvalue weighted by atomic mass is 19.4. The molecule has 19 heavy (non-hydrogen) atoms. The van der Waals surface area contributed by atoms with Gasteiger partial charge in [0.1, 0.15) is 0 Å². The van der Waals surface area contributed by atoms with Gasteiger partial charge in [-0.2, -0.15) is 18.2 Å². The number of nitrogens with zero attached hydrogens (tertiary/aromatic N) is 1.